The molecule has 0 fully saturated rings. The highest BCUT2D eigenvalue weighted by Crippen LogP contribution is 2.27. The highest BCUT2D eigenvalue weighted by Gasteiger charge is 2.12. The van der Waals surface area contributed by atoms with Gasteiger partial charge in [0.2, 0.25) is 17.8 Å². The summed E-state index contributed by atoms with van der Waals surface area (Å²) >= 11 is 0. The Balaban J connectivity index is 1.50. The van der Waals surface area contributed by atoms with Crippen LogP contribution in [0.15, 0.2) is 90.0 Å². The van der Waals surface area contributed by atoms with Gasteiger partial charge in [-0.3, -0.25) is 0 Å². The lowest BCUT2D eigenvalue weighted by molar-refractivity contribution is 0.814. The molecule has 5 rings (SSSR count). The third-order valence-electron chi connectivity index (χ3n) is 5.87. The van der Waals surface area contributed by atoms with E-state index in [9.17, 15) is 0 Å². The molecular weight excluding hydrogens is 434 g/mol. The summed E-state index contributed by atoms with van der Waals surface area (Å²) < 4.78 is 0. The molecule has 174 valence electrons. The van der Waals surface area contributed by atoms with Crippen molar-refractivity contribution < 1.29 is 0 Å². The number of anilines is 4. The largest absolute Gasteiger partial charge is 0.341 e. The van der Waals surface area contributed by atoms with Gasteiger partial charge in [0.15, 0.2) is 0 Å². The second-order valence-corrected chi connectivity index (χ2v) is 8.05. The number of benzene rings is 4. The molecule has 1 heterocycles. The van der Waals surface area contributed by atoms with Crippen LogP contribution in [0.25, 0.3) is 21.5 Å². The van der Waals surface area contributed by atoms with Gasteiger partial charge in [0.05, 0.1) is 6.21 Å². The van der Waals surface area contributed by atoms with Crippen LogP contribution in [-0.2, 0) is 0 Å². The zero-order valence-electron chi connectivity index (χ0n) is 19.8. The summed E-state index contributed by atoms with van der Waals surface area (Å²) in [6.07, 6.45) is 1.84. The predicted octanol–water partition coefficient (Wildman–Crippen LogP) is 6.21. The van der Waals surface area contributed by atoms with Crippen molar-refractivity contribution in [3.63, 3.8) is 0 Å². The van der Waals surface area contributed by atoms with Crippen molar-refractivity contribution in [1.29, 1.82) is 0 Å². The molecule has 35 heavy (non-hydrogen) atoms. The van der Waals surface area contributed by atoms with Crippen molar-refractivity contribution in [3.05, 3.63) is 90.5 Å². The zero-order chi connectivity index (χ0) is 24.0. The number of fused-ring (bicyclic) bond motifs is 2. The molecule has 0 aliphatic carbocycles. The van der Waals surface area contributed by atoms with Crippen molar-refractivity contribution in [2.24, 2.45) is 5.10 Å². The van der Waals surface area contributed by atoms with Crippen LogP contribution in [0.5, 0.6) is 0 Å². The Labute approximate surface area is 204 Å². The Morgan fingerprint density at radius 2 is 1.34 bits per heavy atom. The third-order valence-corrected chi connectivity index (χ3v) is 5.87. The maximum Gasteiger partial charge on any atom is 0.250 e. The van der Waals surface area contributed by atoms with Crippen LogP contribution in [0, 0.1) is 0 Å². The van der Waals surface area contributed by atoms with E-state index in [0.717, 1.165) is 35.1 Å². The first-order valence-electron chi connectivity index (χ1n) is 11.8. The van der Waals surface area contributed by atoms with E-state index >= 15 is 0 Å². The summed E-state index contributed by atoms with van der Waals surface area (Å²) in [6, 6.07) is 28.7. The average Bonchev–Trinajstić information content (AvgIpc) is 2.89. The molecule has 2 N–H and O–H groups in total. The Bertz CT molecular complexity index is 1420. The SMILES string of the molecule is CCN(CC)c1nc(N/N=C\c2c3ccccc3cc3ccccc23)nc(Nc2ccccc2)n1. The summed E-state index contributed by atoms with van der Waals surface area (Å²) in [5.74, 6) is 1.43. The van der Waals surface area contributed by atoms with Crippen LogP contribution in [0.2, 0.25) is 0 Å². The highest BCUT2D eigenvalue weighted by molar-refractivity contribution is 6.13. The molecule has 0 saturated heterocycles. The zero-order valence-corrected chi connectivity index (χ0v) is 19.8. The minimum absolute atomic E-state index is 0.376. The minimum Gasteiger partial charge on any atom is -0.341 e. The smallest absolute Gasteiger partial charge is 0.250 e. The number of para-hydroxylation sites is 1. The standard InChI is InChI=1S/C28H27N7/c1-3-35(4-2)28-32-26(30-22-14-6-5-7-15-22)31-27(33-28)34-29-19-25-23-16-10-8-12-20(23)18-21-13-9-11-17-24(21)25/h5-19H,3-4H2,1-2H3,(H2,30,31,32,33,34)/b29-19-. The monoisotopic (exact) mass is 461 g/mol. The topological polar surface area (TPSA) is 78.3 Å². The van der Waals surface area contributed by atoms with E-state index in [1.165, 1.54) is 10.8 Å². The van der Waals surface area contributed by atoms with Gasteiger partial charge in [-0.2, -0.15) is 20.1 Å². The maximum atomic E-state index is 4.62. The predicted molar refractivity (Wildman–Crippen MR) is 146 cm³/mol. The molecule has 0 atom stereocenters. The number of nitrogens with one attached hydrogen (secondary N) is 2. The van der Waals surface area contributed by atoms with Gasteiger partial charge in [-0.05, 0) is 53.6 Å². The van der Waals surface area contributed by atoms with Crippen LogP contribution in [0.3, 0.4) is 0 Å². The molecule has 0 bridgehead atoms. The first-order chi connectivity index (χ1) is 17.2. The maximum absolute atomic E-state index is 4.62. The fourth-order valence-corrected chi connectivity index (χ4v) is 4.11. The fourth-order valence-electron chi connectivity index (χ4n) is 4.11. The van der Waals surface area contributed by atoms with Crippen LogP contribution in [-0.4, -0.2) is 34.3 Å². The Morgan fingerprint density at radius 3 is 2.00 bits per heavy atom. The highest BCUT2D eigenvalue weighted by atomic mass is 15.4. The summed E-state index contributed by atoms with van der Waals surface area (Å²) in [4.78, 5) is 15.9. The summed E-state index contributed by atoms with van der Waals surface area (Å²) in [6.45, 7) is 5.73. The Kier molecular flexibility index (Phi) is 6.48. The van der Waals surface area contributed by atoms with Gasteiger partial charge in [0, 0.05) is 24.3 Å². The second kappa shape index (κ2) is 10.2. The van der Waals surface area contributed by atoms with E-state index in [0.29, 0.717) is 17.8 Å². The lowest BCUT2D eigenvalue weighted by Gasteiger charge is -2.19. The van der Waals surface area contributed by atoms with Crippen molar-refractivity contribution in [3.8, 4) is 0 Å². The van der Waals surface area contributed by atoms with Crippen LogP contribution >= 0.6 is 0 Å². The number of rotatable bonds is 8. The van der Waals surface area contributed by atoms with Gasteiger partial charge in [0.1, 0.15) is 0 Å². The molecule has 0 radical (unpaired) electrons. The minimum atomic E-state index is 0.376. The van der Waals surface area contributed by atoms with Crippen molar-refractivity contribution in [1.82, 2.24) is 15.0 Å². The first kappa shape index (κ1) is 22.3. The van der Waals surface area contributed by atoms with E-state index < -0.39 is 0 Å². The lowest BCUT2D eigenvalue weighted by Crippen LogP contribution is -2.25. The second-order valence-electron chi connectivity index (χ2n) is 8.05. The fraction of sp³-hybridized carbons (Fsp3) is 0.143. The molecule has 1 aromatic heterocycles. The first-order valence-corrected chi connectivity index (χ1v) is 11.8. The summed E-state index contributed by atoms with van der Waals surface area (Å²) in [7, 11) is 0. The van der Waals surface area contributed by atoms with Gasteiger partial charge in [-0.25, -0.2) is 5.43 Å². The van der Waals surface area contributed by atoms with E-state index in [1.54, 1.807) is 0 Å². The molecule has 5 aromatic rings. The molecule has 0 saturated carbocycles. The molecule has 7 nitrogen and oxygen atoms in total. The average molecular weight is 462 g/mol. The van der Waals surface area contributed by atoms with Crippen LogP contribution in [0.4, 0.5) is 23.5 Å². The molecule has 0 unspecified atom stereocenters. The van der Waals surface area contributed by atoms with Crippen molar-refractivity contribution in [2.45, 2.75) is 13.8 Å². The normalized spacial score (nSPS) is 11.3. The number of hydrogen-bond acceptors (Lipinski definition) is 7. The van der Waals surface area contributed by atoms with Crippen LogP contribution < -0.4 is 15.6 Å². The quantitative estimate of drug-likeness (QED) is 0.162. The van der Waals surface area contributed by atoms with E-state index in [4.69, 9.17) is 0 Å². The third kappa shape index (κ3) is 4.89. The number of hydrazone groups is 1. The molecule has 0 spiro atoms. The Morgan fingerprint density at radius 1 is 0.743 bits per heavy atom. The summed E-state index contributed by atoms with van der Waals surface area (Å²) in [5.41, 5.74) is 4.98. The molecule has 7 heteroatoms. The molecule has 0 aliphatic rings. The van der Waals surface area contributed by atoms with Gasteiger partial charge in [-0.15, -0.1) is 0 Å². The molecular formula is C28H27N7. The molecule has 0 amide bonds. The van der Waals surface area contributed by atoms with Gasteiger partial charge < -0.3 is 10.2 Å². The number of aromatic nitrogens is 3. The van der Waals surface area contributed by atoms with E-state index in [-0.39, 0.29) is 0 Å². The lowest BCUT2D eigenvalue weighted by atomic mass is 9.97. The van der Waals surface area contributed by atoms with Crippen LogP contribution in [0.1, 0.15) is 19.4 Å². The number of nitrogens with zero attached hydrogens (tertiary/aromatic N) is 5. The van der Waals surface area contributed by atoms with Crippen molar-refractivity contribution >= 4 is 51.3 Å². The van der Waals surface area contributed by atoms with Gasteiger partial charge in [0.25, 0.3) is 0 Å². The molecule has 0 aliphatic heterocycles. The Hall–Kier alpha value is -4.52. The van der Waals surface area contributed by atoms with E-state index in [1.807, 2.05) is 48.7 Å². The summed E-state index contributed by atoms with van der Waals surface area (Å²) in [5, 5.41) is 12.4. The van der Waals surface area contributed by atoms with Gasteiger partial charge in [-0.1, -0.05) is 66.7 Å². The van der Waals surface area contributed by atoms with Crippen molar-refractivity contribution in [2.75, 3.05) is 28.7 Å². The number of hydrogen-bond donors (Lipinski definition) is 2. The molecule has 4 aromatic carbocycles. The van der Waals surface area contributed by atoms with Gasteiger partial charge >= 0.3 is 0 Å². The van der Waals surface area contributed by atoms with E-state index in [2.05, 4.69) is 92.0 Å².